The van der Waals surface area contributed by atoms with Crippen LogP contribution >= 0.6 is 11.6 Å². The summed E-state index contributed by atoms with van der Waals surface area (Å²) in [5.41, 5.74) is 0.643. The summed E-state index contributed by atoms with van der Waals surface area (Å²) in [4.78, 5) is 11.2. The highest BCUT2D eigenvalue weighted by molar-refractivity contribution is 6.32. The Morgan fingerprint density at radius 3 is 2.80 bits per heavy atom. The Hall–Kier alpha value is -1.48. The van der Waals surface area contributed by atoms with Crippen molar-refractivity contribution in [2.24, 2.45) is 0 Å². The topological polar surface area (TPSA) is 38.3 Å². The SMILES string of the molecule is C/C=C/C(=O)Nc1ccc(OC)c(Cl)c1. The molecule has 0 radical (unpaired) electrons. The van der Waals surface area contributed by atoms with Crippen molar-refractivity contribution in [3.8, 4) is 5.75 Å². The second-order valence-electron chi connectivity index (χ2n) is 2.84. The molecule has 1 amide bonds. The lowest BCUT2D eigenvalue weighted by atomic mass is 10.3. The standard InChI is InChI=1S/C11H12ClNO2/c1-3-4-11(14)13-8-5-6-10(15-2)9(12)7-8/h3-7H,1-2H3,(H,13,14)/b4-3+. The zero-order valence-corrected chi connectivity index (χ0v) is 9.34. The molecule has 0 fully saturated rings. The molecule has 0 aliphatic rings. The number of rotatable bonds is 3. The zero-order chi connectivity index (χ0) is 11.3. The van der Waals surface area contributed by atoms with Gasteiger partial charge in [-0.25, -0.2) is 0 Å². The molecule has 80 valence electrons. The summed E-state index contributed by atoms with van der Waals surface area (Å²) in [5, 5.41) is 3.14. The van der Waals surface area contributed by atoms with Crippen LogP contribution in [0.5, 0.6) is 5.75 Å². The largest absolute Gasteiger partial charge is 0.495 e. The predicted octanol–water partition coefficient (Wildman–Crippen LogP) is 2.86. The Morgan fingerprint density at radius 2 is 2.27 bits per heavy atom. The lowest BCUT2D eigenvalue weighted by Gasteiger charge is -2.06. The van der Waals surface area contributed by atoms with Crippen molar-refractivity contribution in [3.05, 3.63) is 35.4 Å². The molecule has 0 heterocycles. The van der Waals surface area contributed by atoms with E-state index >= 15 is 0 Å². The number of ether oxygens (including phenoxy) is 1. The van der Waals surface area contributed by atoms with Gasteiger partial charge in [-0.1, -0.05) is 17.7 Å². The van der Waals surface area contributed by atoms with Gasteiger partial charge in [-0.2, -0.15) is 0 Å². The van der Waals surface area contributed by atoms with E-state index in [1.54, 1.807) is 38.3 Å². The van der Waals surface area contributed by atoms with Gasteiger partial charge in [0.05, 0.1) is 12.1 Å². The van der Waals surface area contributed by atoms with Gasteiger partial charge < -0.3 is 10.1 Å². The summed E-state index contributed by atoms with van der Waals surface area (Å²) in [5.74, 6) is 0.402. The molecule has 1 rings (SSSR count). The highest BCUT2D eigenvalue weighted by atomic mass is 35.5. The van der Waals surface area contributed by atoms with Crippen molar-refractivity contribution in [2.75, 3.05) is 12.4 Å². The fraction of sp³-hybridized carbons (Fsp3) is 0.182. The number of carbonyl (C=O) groups is 1. The molecule has 0 atom stereocenters. The van der Waals surface area contributed by atoms with E-state index in [2.05, 4.69) is 5.32 Å². The molecule has 3 nitrogen and oxygen atoms in total. The highest BCUT2D eigenvalue weighted by Gasteiger charge is 2.02. The van der Waals surface area contributed by atoms with Crippen molar-refractivity contribution in [1.82, 2.24) is 0 Å². The Labute approximate surface area is 93.7 Å². The number of nitrogens with one attached hydrogen (secondary N) is 1. The Morgan fingerprint density at radius 1 is 1.53 bits per heavy atom. The predicted molar refractivity (Wildman–Crippen MR) is 61.4 cm³/mol. The maximum atomic E-state index is 11.2. The third-order valence-electron chi connectivity index (χ3n) is 1.74. The molecular formula is C11H12ClNO2. The number of allylic oxidation sites excluding steroid dienone is 1. The summed E-state index contributed by atoms with van der Waals surface area (Å²) in [6, 6.07) is 5.07. The molecule has 4 heteroatoms. The molecule has 0 bridgehead atoms. The van der Waals surface area contributed by atoms with Crippen molar-refractivity contribution in [3.63, 3.8) is 0 Å². The summed E-state index contributed by atoms with van der Waals surface area (Å²) >= 11 is 5.90. The Bertz CT molecular complexity index is 388. The smallest absolute Gasteiger partial charge is 0.248 e. The first-order valence-electron chi connectivity index (χ1n) is 4.44. The van der Waals surface area contributed by atoms with E-state index in [1.165, 1.54) is 6.08 Å². The second-order valence-corrected chi connectivity index (χ2v) is 3.25. The molecule has 1 N–H and O–H groups in total. The number of carbonyl (C=O) groups excluding carboxylic acids is 1. The van der Waals surface area contributed by atoms with E-state index in [4.69, 9.17) is 16.3 Å². The zero-order valence-electron chi connectivity index (χ0n) is 8.58. The lowest BCUT2D eigenvalue weighted by Crippen LogP contribution is -2.07. The van der Waals surface area contributed by atoms with Crippen molar-refractivity contribution in [2.45, 2.75) is 6.92 Å². The van der Waals surface area contributed by atoms with E-state index in [9.17, 15) is 4.79 Å². The molecule has 0 spiro atoms. The fourth-order valence-electron chi connectivity index (χ4n) is 1.08. The summed E-state index contributed by atoms with van der Waals surface area (Å²) in [6.45, 7) is 1.78. The average molecular weight is 226 g/mol. The van der Waals surface area contributed by atoms with E-state index in [0.29, 0.717) is 16.5 Å². The van der Waals surface area contributed by atoms with Crippen LogP contribution in [0.25, 0.3) is 0 Å². The van der Waals surface area contributed by atoms with Gasteiger partial charge in [0.25, 0.3) is 0 Å². The maximum Gasteiger partial charge on any atom is 0.248 e. The summed E-state index contributed by atoms with van der Waals surface area (Å²) in [6.07, 6.45) is 3.11. The highest BCUT2D eigenvalue weighted by Crippen LogP contribution is 2.27. The van der Waals surface area contributed by atoms with Gasteiger partial charge in [0.2, 0.25) is 5.91 Å². The minimum atomic E-state index is -0.182. The molecule has 1 aromatic carbocycles. The van der Waals surface area contributed by atoms with Gasteiger partial charge >= 0.3 is 0 Å². The first-order valence-corrected chi connectivity index (χ1v) is 4.82. The fourth-order valence-corrected chi connectivity index (χ4v) is 1.34. The maximum absolute atomic E-state index is 11.2. The van der Waals surface area contributed by atoms with Crippen LogP contribution in [0.1, 0.15) is 6.92 Å². The minimum Gasteiger partial charge on any atom is -0.495 e. The van der Waals surface area contributed by atoms with E-state index in [0.717, 1.165) is 0 Å². The normalized spacial score (nSPS) is 10.3. The molecule has 0 saturated carbocycles. The minimum absolute atomic E-state index is 0.182. The summed E-state index contributed by atoms with van der Waals surface area (Å²) < 4.78 is 4.99. The van der Waals surface area contributed by atoms with Crippen LogP contribution in [-0.2, 0) is 4.79 Å². The van der Waals surface area contributed by atoms with Crippen LogP contribution in [-0.4, -0.2) is 13.0 Å². The Kier molecular flexibility index (Phi) is 4.18. The average Bonchev–Trinajstić information content (AvgIpc) is 2.18. The van der Waals surface area contributed by atoms with Gasteiger partial charge in [0.1, 0.15) is 5.75 Å². The van der Waals surface area contributed by atoms with Crippen LogP contribution in [0, 0.1) is 0 Å². The van der Waals surface area contributed by atoms with Crippen LogP contribution in [0.3, 0.4) is 0 Å². The van der Waals surface area contributed by atoms with Crippen molar-refractivity contribution < 1.29 is 9.53 Å². The third kappa shape index (κ3) is 3.29. The van der Waals surface area contributed by atoms with Crippen LogP contribution in [0.2, 0.25) is 5.02 Å². The number of benzene rings is 1. The number of hydrogen-bond donors (Lipinski definition) is 1. The monoisotopic (exact) mass is 225 g/mol. The number of halogens is 1. The van der Waals surface area contributed by atoms with E-state index < -0.39 is 0 Å². The molecule has 0 aromatic heterocycles. The van der Waals surface area contributed by atoms with Crippen LogP contribution < -0.4 is 10.1 Å². The first kappa shape index (κ1) is 11.6. The lowest BCUT2D eigenvalue weighted by molar-refractivity contribution is -0.111. The molecule has 15 heavy (non-hydrogen) atoms. The van der Waals surface area contributed by atoms with Crippen molar-refractivity contribution >= 4 is 23.2 Å². The number of amides is 1. The molecule has 0 unspecified atom stereocenters. The number of hydrogen-bond acceptors (Lipinski definition) is 2. The van der Waals surface area contributed by atoms with Crippen LogP contribution in [0.4, 0.5) is 5.69 Å². The van der Waals surface area contributed by atoms with Gasteiger partial charge in [0.15, 0.2) is 0 Å². The molecule has 0 aliphatic heterocycles. The molecule has 0 saturated heterocycles. The van der Waals surface area contributed by atoms with Crippen molar-refractivity contribution in [1.29, 1.82) is 0 Å². The second kappa shape index (κ2) is 5.41. The van der Waals surface area contributed by atoms with Gasteiger partial charge in [0, 0.05) is 5.69 Å². The Balaban J connectivity index is 2.79. The summed E-state index contributed by atoms with van der Waals surface area (Å²) in [7, 11) is 1.54. The molecule has 0 aliphatic carbocycles. The van der Waals surface area contributed by atoms with E-state index in [1.807, 2.05) is 0 Å². The third-order valence-corrected chi connectivity index (χ3v) is 2.03. The van der Waals surface area contributed by atoms with Crippen LogP contribution in [0.15, 0.2) is 30.4 Å². The quantitative estimate of drug-likeness (QED) is 0.804. The van der Waals surface area contributed by atoms with Gasteiger partial charge in [-0.3, -0.25) is 4.79 Å². The molecule has 1 aromatic rings. The molecular weight excluding hydrogens is 214 g/mol. The van der Waals surface area contributed by atoms with Gasteiger partial charge in [-0.15, -0.1) is 0 Å². The number of anilines is 1. The van der Waals surface area contributed by atoms with E-state index in [-0.39, 0.29) is 5.91 Å². The first-order chi connectivity index (χ1) is 7.17. The van der Waals surface area contributed by atoms with Gasteiger partial charge in [-0.05, 0) is 31.2 Å². The number of methoxy groups -OCH3 is 1.